The van der Waals surface area contributed by atoms with E-state index in [9.17, 15) is 19.3 Å². The number of nitrogens with zero attached hydrogens (tertiary/aromatic N) is 3. The standard InChI is InChI=1S/C16H16FN3O3S/c1-11-2-5-15(24-11)16(21)19-8-6-18(7-9-19)13-4-3-12(17)10-14(13)20(22)23/h2-5,10H,6-9H2,1H3. The molecule has 0 bridgehead atoms. The third kappa shape index (κ3) is 3.23. The molecule has 2 heterocycles. The lowest BCUT2D eigenvalue weighted by Gasteiger charge is -2.35. The summed E-state index contributed by atoms with van der Waals surface area (Å²) in [4.78, 5) is 28.3. The molecule has 1 aliphatic heterocycles. The Hall–Kier alpha value is -2.48. The lowest BCUT2D eigenvalue weighted by atomic mass is 10.2. The molecule has 1 fully saturated rings. The van der Waals surface area contributed by atoms with E-state index in [0.717, 1.165) is 10.9 Å². The summed E-state index contributed by atoms with van der Waals surface area (Å²) in [6, 6.07) is 7.30. The van der Waals surface area contributed by atoms with Crippen molar-refractivity contribution in [2.45, 2.75) is 6.92 Å². The second kappa shape index (κ2) is 6.56. The molecule has 0 radical (unpaired) electrons. The van der Waals surface area contributed by atoms with Crippen molar-refractivity contribution in [3.05, 3.63) is 56.0 Å². The molecule has 126 valence electrons. The molecule has 0 saturated carbocycles. The lowest BCUT2D eigenvalue weighted by Crippen LogP contribution is -2.48. The van der Waals surface area contributed by atoms with Gasteiger partial charge in [-0.1, -0.05) is 0 Å². The average molecular weight is 349 g/mol. The summed E-state index contributed by atoms with van der Waals surface area (Å²) in [5, 5.41) is 11.1. The summed E-state index contributed by atoms with van der Waals surface area (Å²) in [6.07, 6.45) is 0. The van der Waals surface area contributed by atoms with Crippen molar-refractivity contribution in [2.24, 2.45) is 0 Å². The van der Waals surface area contributed by atoms with Gasteiger partial charge in [-0.25, -0.2) is 4.39 Å². The first-order valence-electron chi connectivity index (χ1n) is 7.50. The van der Waals surface area contributed by atoms with E-state index in [1.54, 1.807) is 4.90 Å². The number of amides is 1. The van der Waals surface area contributed by atoms with Gasteiger partial charge in [0.15, 0.2) is 0 Å². The smallest absolute Gasteiger partial charge is 0.295 e. The molecule has 0 spiro atoms. The van der Waals surface area contributed by atoms with Gasteiger partial charge in [-0.15, -0.1) is 11.3 Å². The number of piperazine rings is 1. The first-order chi connectivity index (χ1) is 11.5. The van der Waals surface area contributed by atoms with Gasteiger partial charge in [-0.05, 0) is 31.2 Å². The van der Waals surface area contributed by atoms with Crippen LogP contribution in [0.5, 0.6) is 0 Å². The molecule has 3 rings (SSSR count). The highest BCUT2D eigenvalue weighted by Crippen LogP contribution is 2.30. The van der Waals surface area contributed by atoms with Gasteiger partial charge >= 0.3 is 0 Å². The number of carbonyl (C=O) groups excluding carboxylic acids is 1. The van der Waals surface area contributed by atoms with Crippen molar-refractivity contribution in [1.82, 2.24) is 4.90 Å². The van der Waals surface area contributed by atoms with Crippen molar-refractivity contribution in [1.29, 1.82) is 0 Å². The third-order valence-electron chi connectivity index (χ3n) is 3.99. The molecular weight excluding hydrogens is 333 g/mol. The molecule has 2 aromatic rings. The van der Waals surface area contributed by atoms with Crippen LogP contribution in [-0.2, 0) is 0 Å². The largest absolute Gasteiger partial charge is 0.362 e. The maximum absolute atomic E-state index is 13.3. The van der Waals surface area contributed by atoms with Crippen LogP contribution in [0.25, 0.3) is 0 Å². The van der Waals surface area contributed by atoms with Gasteiger partial charge in [0, 0.05) is 31.1 Å². The Kier molecular flexibility index (Phi) is 4.48. The van der Waals surface area contributed by atoms with Crippen LogP contribution in [0, 0.1) is 22.9 Å². The molecule has 1 amide bonds. The minimum absolute atomic E-state index is 0.0126. The van der Waals surface area contributed by atoms with E-state index in [1.807, 2.05) is 24.0 Å². The van der Waals surface area contributed by atoms with E-state index < -0.39 is 10.7 Å². The fraction of sp³-hybridized carbons (Fsp3) is 0.312. The second-order valence-corrected chi connectivity index (χ2v) is 6.87. The highest BCUT2D eigenvalue weighted by molar-refractivity contribution is 7.13. The van der Waals surface area contributed by atoms with Gasteiger partial charge in [0.2, 0.25) is 0 Å². The minimum atomic E-state index is -0.632. The molecule has 24 heavy (non-hydrogen) atoms. The number of anilines is 1. The molecule has 6 nitrogen and oxygen atoms in total. The number of aryl methyl sites for hydroxylation is 1. The molecule has 0 unspecified atom stereocenters. The van der Waals surface area contributed by atoms with Crippen LogP contribution in [0.1, 0.15) is 14.5 Å². The van der Waals surface area contributed by atoms with Crippen LogP contribution < -0.4 is 4.90 Å². The Balaban J connectivity index is 1.71. The average Bonchev–Trinajstić information content (AvgIpc) is 3.01. The number of halogens is 1. The van der Waals surface area contributed by atoms with Crippen LogP contribution in [0.4, 0.5) is 15.8 Å². The summed E-state index contributed by atoms with van der Waals surface area (Å²) in [5.41, 5.74) is 0.143. The fourth-order valence-electron chi connectivity index (χ4n) is 2.77. The number of nitro benzene ring substituents is 1. The van der Waals surface area contributed by atoms with Crippen molar-refractivity contribution in [3.8, 4) is 0 Å². The maximum atomic E-state index is 13.3. The number of nitro groups is 1. The Labute approximate surface area is 142 Å². The first kappa shape index (κ1) is 16.4. The topological polar surface area (TPSA) is 66.7 Å². The summed E-state index contributed by atoms with van der Waals surface area (Å²) in [5.74, 6) is -0.645. The van der Waals surface area contributed by atoms with Crippen LogP contribution in [-0.4, -0.2) is 41.9 Å². The monoisotopic (exact) mass is 349 g/mol. The molecule has 1 saturated heterocycles. The van der Waals surface area contributed by atoms with Gasteiger partial charge in [-0.2, -0.15) is 0 Å². The number of carbonyl (C=O) groups is 1. The Morgan fingerprint density at radius 2 is 1.92 bits per heavy atom. The number of hydrogen-bond acceptors (Lipinski definition) is 5. The fourth-order valence-corrected chi connectivity index (χ4v) is 3.60. The Morgan fingerprint density at radius 3 is 2.50 bits per heavy atom. The molecular formula is C16H16FN3O3S. The summed E-state index contributed by atoms with van der Waals surface area (Å²) in [6.45, 7) is 3.85. The zero-order valence-corrected chi connectivity index (χ0v) is 13.9. The highest BCUT2D eigenvalue weighted by atomic mass is 32.1. The number of benzene rings is 1. The zero-order chi connectivity index (χ0) is 17.3. The van der Waals surface area contributed by atoms with E-state index in [-0.39, 0.29) is 11.6 Å². The minimum Gasteiger partial charge on any atom is -0.362 e. The SMILES string of the molecule is Cc1ccc(C(=O)N2CCN(c3ccc(F)cc3[N+](=O)[O-])CC2)s1. The van der Waals surface area contributed by atoms with Gasteiger partial charge < -0.3 is 9.80 Å². The Morgan fingerprint density at radius 1 is 1.21 bits per heavy atom. The highest BCUT2D eigenvalue weighted by Gasteiger charge is 2.27. The summed E-state index contributed by atoms with van der Waals surface area (Å²) < 4.78 is 13.3. The molecule has 1 aliphatic rings. The van der Waals surface area contributed by atoms with Crippen molar-refractivity contribution >= 4 is 28.6 Å². The van der Waals surface area contributed by atoms with E-state index in [0.29, 0.717) is 36.7 Å². The van der Waals surface area contributed by atoms with E-state index >= 15 is 0 Å². The molecule has 1 aromatic carbocycles. The zero-order valence-electron chi connectivity index (χ0n) is 13.1. The molecule has 1 aromatic heterocycles. The van der Waals surface area contributed by atoms with Crippen LogP contribution in [0.3, 0.4) is 0 Å². The molecule has 0 N–H and O–H groups in total. The molecule has 8 heteroatoms. The van der Waals surface area contributed by atoms with Gasteiger partial charge in [0.25, 0.3) is 11.6 Å². The van der Waals surface area contributed by atoms with E-state index in [1.165, 1.54) is 23.5 Å². The van der Waals surface area contributed by atoms with Gasteiger partial charge in [0.1, 0.15) is 11.5 Å². The summed E-state index contributed by atoms with van der Waals surface area (Å²) >= 11 is 1.46. The van der Waals surface area contributed by atoms with Gasteiger partial charge in [0.05, 0.1) is 15.9 Å². The first-order valence-corrected chi connectivity index (χ1v) is 8.32. The second-order valence-electron chi connectivity index (χ2n) is 5.58. The number of hydrogen-bond donors (Lipinski definition) is 0. The number of rotatable bonds is 3. The number of thiophene rings is 1. The van der Waals surface area contributed by atoms with Crippen LogP contribution in [0.15, 0.2) is 30.3 Å². The van der Waals surface area contributed by atoms with Crippen molar-refractivity contribution < 1.29 is 14.1 Å². The molecule has 0 atom stereocenters. The summed E-state index contributed by atoms with van der Waals surface area (Å²) in [7, 11) is 0. The third-order valence-corrected chi connectivity index (χ3v) is 4.98. The Bertz CT molecular complexity index is 785. The molecule has 0 aliphatic carbocycles. The van der Waals surface area contributed by atoms with Crippen molar-refractivity contribution in [2.75, 3.05) is 31.1 Å². The normalized spacial score (nSPS) is 14.8. The quantitative estimate of drug-likeness (QED) is 0.631. The maximum Gasteiger partial charge on any atom is 0.295 e. The van der Waals surface area contributed by atoms with E-state index in [4.69, 9.17) is 0 Å². The lowest BCUT2D eigenvalue weighted by molar-refractivity contribution is -0.384. The predicted octanol–water partition coefficient (Wildman–Crippen LogP) is 3.07. The van der Waals surface area contributed by atoms with Crippen LogP contribution >= 0.6 is 11.3 Å². The van der Waals surface area contributed by atoms with E-state index in [2.05, 4.69) is 0 Å². The van der Waals surface area contributed by atoms with Crippen molar-refractivity contribution in [3.63, 3.8) is 0 Å². The van der Waals surface area contributed by atoms with Crippen LogP contribution in [0.2, 0.25) is 0 Å². The van der Waals surface area contributed by atoms with Gasteiger partial charge in [-0.3, -0.25) is 14.9 Å². The predicted molar refractivity (Wildman–Crippen MR) is 90.2 cm³/mol.